The van der Waals surface area contributed by atoms with Crippen molar-refractivity contribution in [3.8, 4) is 0 Å². The number of hydrogen-bond acceptors (Lipinski definition) is 4. The van der Waals surface area contributed by atoms with E-state index in [9.17, 15) is 9.59 Å². The molecule has 3 rings (SSSR count). The maximum absolute atomic E-state index is 12.2. The third-order valence-corrected chi connectivity index (χ3v) is 3.93. The van der Waals surface area contributed by atoms with Crippen molar-refractivity contribution in [2.45, 2.75) is 18.6 Å². The Balaban J connectivity index is 1.71. The topological polar surface area (TPSA) is 88.8 Å². The number of carbonyl (C=O) groups excluding carboxylic acids is 1. The minimum atomic E-state index is -1.14. The Morgan fingerprint density at radius 2 is 2.00 bits per heavy atom. The van der Waals surface area contributed by atoms with Gasteiger partial charge in [-0.1, -0.05) is 23.7 Å². The number of ether oxygens (including phenoxy) is 1. The van der Waals surface area contributed by atoms with Gasteiger partial charge in [-0.3, -0.25) is 4.79 Å². The lowest BCUT2D eigenvalue weighted by molar-refractivity contribution is 0.0695. The van der Waals surface area contributed by atoms with E-state index < -0.39 is 11.9 Å². The molecule has 120 valence electrons. The standard InChI is InChI=1S/C16H14ClNO5/c17-11-3-1-9(2-4-11)14-12(5-6-22-14)18-15(19)13-7-10(8-23-13)16(20)21/h1-4,7-8,12,14H,5-6H2,(H,18,19)(H,20,21)/t12-,14+/m1/s1. The maximum atomic E-state index is 12.2. The molecule has 1 aromatic heterocycles. The summed E-state index contributed by atoms with van der Waals surface area (Å²) >= 11 is 5.88. The molecule has 23 heavy (non-hydrogen) atoms. The Morgan fingerprint density at radius 1 is 1.26 bits per heavy atom. The van der Waals surface area contributed by atoms with Crippen LogP contribution in [0, 0.1) is 0 Å². The normalized spacial score (nSPS) is 20.4. The fourth-order valence-electron chi connectivity index (χ4n) is 2.53. The number of carboxylic acid groups (broad SMARTS) is 1. The van der Waals surface area contributed by atoms with Crippen LogP contribution in [-0.4, -0.2) is 29.6 Å². The van der Waals surface area contributed by atoms with Crippen LogP contribution < -0.4 is 5.32 Å². The molecule has 1 saturated heterocycles. The van der Waals surface area contributed by atoms with Crippen molar-refractivity contribution in [1.29, 1.82) is 0 Å². The number of benzene rings is 1. The number of hydrogen-bond donors (Lipinski definition) is 2. The summed E-state index contributed by atoms with van der Waals surface area (Å²) in [7, 11) is 0. The van der Waals surface area contributed by atoms with Gasteiger partial charge in [0, 0.05) is 17.7 Å². The third-order valence-electron chi connectivity index (χ3n) is 3.68. The van der Waals surface area contributed by atoms with Crippen LogP contribution in [0.4, 0.5) is 0 Å². The molecule has 1 aliphatic rings. The summed E-state index contributed by atoms with van der Waals surface area (Å²) in [5.41, 5.74) is 0.856. The van der Waals surface area contributed by atoms with Gasteiger partial charge in [0.15, 0.2) is 5.76 Å². The van der Waals surface area contributed by atoms with Crippen molar-refractivity contribution in [2.24, 2.45) is 0 Å². The lowest BCUT2D eigenvalue weighted by Gasteiger charge is -2.19. The van der Waals surface area contributed by atoms with E-state index in [2.05, 4.69) is 5.32 Å². The predicted molar refractivity (Wildman–Crippen MR) is 81.7 cm³/mol. The average molecular weight is 336 g/mol. The second-order valence-corrected chi connectivity index (χ2v) is 5.65. The van der Waals surface area contributed by atoms with Crippen LogP contribution in [0.1, 0.15) is 39.0 Å². The predicted octanol–water partition coefficient (Wildman–Crippen LogP) is 2.89. The van der Waals surface area contributed by atoms with Gasteiger partial charge in [0.25, 0.3) is 5.91 Å². The Hall–Kier alpha value is -2.31. The summed E-state index contributed by atoms with van der Waals surface area (Å²) in [6.07, 6.45) is 1.43. The van der Waals surface area contributed by atoms with Crippen LogP contribution in [-0.2, 0) is 4.74 Å². The van der Waals surface area contributed by atoms with Gasteiger partial charge in [-0.15, -0.1) is 0 Å². The zero-order chi connectivity index (χ0) is 16.4. The summed E-state index contributed by atoms with van der Waals surface area (Å²) in [6.45, 7) is 0.525. The van der Waals surface area contributed by atoms with Crippen LogP contribution in [0.5, 0.6) is 0 Å². The number of carboxylic acids is 1. The second kappa shape index (κ2) is 6.44. The molecule has 2 atom stereocenters. The highest BCUT2D eigenvalue weighted by molar-refractivity contribution is 6.30. The van der Waals surface area contributed by atoms with Crippen molar-refractivity contribution in [2.75, 3.05) is 6.61 Å². The molecule has 1 amide bonds. The highest BCUT2D eigenvalue weighted by Crippen LogP contribution is 2.30. The summed E-state index contributed by atoms with van der Waals surface area (Å²) in [4.78, 5) is 23.0. The number of carbonyl (C=O) groups is 2. The zero-order valence-electron chi connectivity index (χ0n) is 12.0. The van der Waals surface area contributed by atoms with Crippen molar-refractivity contribution in [3.63, 3.8) is 0 Å². The van der Waals surface area contributed by atoms with Crippen LogP contribution in [0.3, 0.4) is 0 Å². The number of furan rings is 1. The van der Waals surface area contributed by atoms with Gasteiger partial charge in [0.05, 0.1) is 11.6 Å². The van der Waals surface area contributed by atoms with E-state index in [4.69, 9.17) is 25.9 Å². The smallest absolute Gasteiger partial charge is 0.338 e. The first-order chi connectivity index (χ1) is 11.0. The van der Waals surface area contributed by atoms with Crippen molar-refractivity contribution in [3.05, 3.63) is 58.5 Å². The molecule has 6 nitrogen and oxygen atoms in total. The van der Waals surface area contributed by atoms with Crippen LogP contribution in [0.25, 0.3) is 0 Å². The van der Waals surface area contributed by atoms with Gasteiger partial charge < -0.3 is 19.6 Å². The van der Waals surface area contributed by atoms with Crippen LogP contribution in [0.2, 0.25) is 5.02 Å². The van der Waals surface area contributed by atoms with E-state index in [-0.39, 0.29) is 23.5 Å². The van der Waals surface area contributed by atoms with Gasteiger partial charge in [0.2, 0.25) is 0 Å². The van der Waals surface area contributed by atoms with Gasteiger partial charge in [-0.2, -0.15) is 0 Å². The quantitative estimate of drug-likeness (QED) is 0.896. The summed E-state index contributed by atoms with van der Waals surface area (Å²) in [5, 5.41) is 12.3. The number of nitrogens with one attached hydrogen (secondary N) is 1. The van der Waals surface area contributed by atoms with Crippen molar-refractivity contribution in [1.82, 2.24) is 5.32 Å². The monoisotopic (exact) mass is 335 g/mol. The molecule has 0 unspecified atom stereocenters. The first kappa shape index (κ1) is 15.6. The molecule has 1 fully saturated rings. The number of amides is 1. The number of aromatic carboxylic acids is 1. The molecule has 1 aromatic carbocycles. The average Bonchev–Trinajstić information content (AvgIpc) is 3.17. The molecule has 0 spiro atoms. The van der Waals surface area contributed by atoms with E-state index in [0.717, 1.165) is 11.8 Å². The Labute approximate surface area is 137 Å². The van der Waals surface area contributed by atoms with E-state index in [0.29, 0.717) is 18.1 Å². The van der Waals surface area contributed by atoms with Crippen LogP contribution in [0.15, 0.2) is 41.0 Å². The SMILES string of the molecule is O=C(O)c1coc(C(=O)N[C@@H]2CCO[C@H]2c2ccc(Cl)cc2)c1. The molecular formula is C16H14ClNO5. The van der Waals surface area contributed by atoms with Gasteiger partial charge in [-0.25, -0.2) is 4.79 Å². The summed E-state index contributed by atoms with van der Waals surface area (Å²) in [5.74, 6) is -1.65. The third kappa shape index (κ3) is 3.38. The van der Waals surface area contributed by atoms with E-state index in [1.807, 2.05) is 12.1 Å². The van der Waals surface area contributed by atoms with Crippen molar-refractivity contribution >= 4 is 23.5 Å². The highest BCUT2D eigenvalue weighted by atomic mass is 35.5. The largest absolute Gasteiger partial charge is 0.478 e. The molecule has 0 radical (unpaired) electrons. The molecule has 0 saturated carbocycles. The minimum absolute atomic E-state index is 0.0378. The van der Waals surface area contributed by atoms with E-state index in [1.165, 1.54) is 6.07 Å². The molecule has 2 heterocycles. The molecule has 0 aliphatic carbocycles. The maximum Gasteiger partial charge on any atom is 0.338 e. The number of halogens is 1. The molecule has 2 aromatic rings. The second-order valence-electron chi connectivity index (χ2n) is 5.22. The number of rotatable bonds is 4. The van der Waals surface area contributed by atoms with Gasteiger partial charge in [-0.05, 0) is 24.1 Å². The van der Waals surface area contributed by atoms with E-state index in [1.54, 1.807) is 12.1 Å². The first-order valence-corrected chi connectivity index (χ1v) is 7.42. The molecule has 0 bridgehead atoms. The minimum Gasteiger partial charge on any atom is -0.478 e. The molecular weight excluding hydrogens is 322 g/mol. The van der Waals surface area contributed by atoms with Crippen molar-refractivity contribution < 1.29 is 23.8 Å². The highest BCUT2D eigenvalue weighted by Gasteiger charge is 2.31. The summed E-state index contributed by atoms with van der Waals surface area (Å²) in [6, 6.07) is 8.22. The molecule has 2 N–H and O–H groups in total. The Kier molecular flexibility index (Phi) is 4.36. The molecule has 7 heteroatoms. The molecule has 1 aliphatic heterocycles. The van der Waals surface area contributed by atoms with Gasteiger partial charge in [0.1, 0.15) is 12.4 Å². The summed E-state index contributed by atoms with van der Waals surface area (Å²) < 4.78 is 10.7. The lowest BCUT2D eigenvalue weighted by atomic mass is 10.0. The lowest BCUT2D eigenvalue weighted by Crippen LogP contribution is -2.36. The zero-order valence-corrected chi connectivity index (χ0v) is 12.7. The fraction of sp³-hybridized carbons (Fsp3) is 0.250. The van der Waals surface area contributed by atoms with Crippen LogP contribution >= 0.6 is 11.6 Å². The Morgan fingerprint density at radius 3 is 2.65 bits per heavy atom. The Bertz CT molecular complexity index is 724. The van der Waals surface area contributed by atoms with Gasteiger partial charge >= 0.3 is 5.97 Å². The fourth-order valence-corrected chi connectivity index (χ4v) is 2.65. The first-order valence-electron chi connectivity index (χ1n) is 7.04. The van der Waals surface area contributed by atoms with E-state index >= 15 is 0 Å².